The highest BCUT2D eigenvalue weighted by atomic mass is 35.5. The van der Waals surface area contributed by atoms with E-state index in [4.69, 9.17) is 4.74 Å². The number of benzene rings is 1. The number of rotatable bonds is 6. The summed E-state index contributed by atoms with van der Waals surface area (Å²) in [5, 5.41) is 3.11. The van der Waals surface area contributed by atoms with Gasteiger partial charge in [0.05, 0.1) is 11.5 Å². The number of nitrogens with one attached hydrogen (secondary N) is 1. The first-order valence-corrected chi connectivity index (χ1v) is 8.39. The lowest BCUT2D eigenvalue weighted by molar-refractivity contribution is 0.339. The Kier molecular flexibility index (Phi) is 6.93. The molecule has 1 N–H and O–H groups in total. The van der Waals surface area contributed by atoms with Gasteiger partial charge in [-0.05, 0) is 45.0 Å². The van der Waals surface area contributed by atoms with E-state index in [0.29, 0.717) is 36.3 Å². The highest BCUT2D eigenvalue weighted by Gasteiger charge is 2.32. The summed E-state index contributed by atoms with van der Waals surface area (Å²) in [4.78, 5) is 0.313. The molecule has 1 aliphatic rings. The molecule has 1 fully saturated rings. The molecule has 0 radical (unpaired) electrons. The molecular weight excluding hydrogens is 312 g/mol. The van der Waals surface area contributed by atoms with Gasteiger partial charge in [0.1, 0.15) is 5.75 Å². The largest absolute Gasteiger partial charge is 0.494 e. The van der Waals surface area contributed by atoms with Crippen LogP contribution in [-0.2, 0) is 10.0 Å². The summed E-state index contributed by atoms with van der Waals surface area (Å²) in [7, 11) is -1.51. The number of nitrogens with zero attached hydrogens (tertiary/aromatic N) is 1. The zero-order chi connectivity index (χ0) is 14.6. The van der Waals surface area contributed by atoms with E-state index in [1.807, 2.05) is 14.0 Å². The van der Waals surface area contributed by atoms with Crippen LogP contribution >= 0.6 is 12.4 Å². The van der Waals surface area contributed by atoms with E-state index in [1.165, 1.54) is 0 Å². The molecule has 5 nitrogen and oxygen atoms in total. The standard InChI is InChI=1S/C14H22N2O3S.ClH/c1-3-19-13-5-4-6-14(9-13)20(17,18)16-8-7-12(11-16)10-15-2;/h4-6,9,12,15H,3,7-8,10-11H2,1-2H3;1H. The third-order valence-electron chi connectivity index (χ3n) is 3.50. The molecule has 0 aromatic heterocycles. The molecule has 1 unspecified atom stereocenters. The Morgan fingerprint density at radius 1 is 1.43 bits per heavy atom. The fourth-order valence-corrected chi connectivity index (χ4v) is 4.08. The van der Waals surface area contributed by atoms with Gasteiger partial charge in [0, 0.05) is 19.2 Å². The molecule has 120 valence electrons. The van der Waals surface area contributed by atoms with Crippen molar-refractivity contribution < 1.29 is 13.2 Å². The van der Waals surface area contributed by atoms with Gasteiger partial charge in [-0.1, -0.05) is 6.07 Å². The number of hydrogen-bond acceptors (Lipinski definition) is 4. The molecule has 7 heteroatoms. The Balaban J connectivity index is 0.00000220. The maximum atomic E-state index is 12.6. The van der Waals surface area contributed by atoms with Crippen LogP contribution in [0.4, 0.5) is 0 Å². The maximum absolute atomic E-state index is 12.6. The highest BCUT2D eigenvalue weighted by Crippen LogP contribution is 2.26. The first-order valence-electron chi connectivity index (χ1n) is 6.95. The lowest BCUT2D eigenvalue weighted by Crippen LogP contribution is -2.30. The summed E-state index contributed by atoms with van der Waals surface area (Å²) in [5.41, 5.74) is 0. The number of hydrogen-bond donors (Lipinski definition) is 1. The smallest absolute Gasteiger partial charge is 0.243 e. The summed E-state index contributed by atoms with van der Waals surface area (Å²) >= 11 is 0. The SMILES string of the molecule is CCOc1cccc(S(=O)(=O)N2CCC(CNC)C2)c1.Cl. The molecule has 1 heterocycles. The number of halogens is 1. The van der Waals surface area contributed by atoms with Crippen LogP contribution in [0.2, 0.25) is 0 Å². The van der Waals surface area contributed by atoms with Gasteiger partial charge < -0.3 is 10.1 Å². The van der Waals surface area contributed by atoms with Crippen LogP contribution in [0, 0.1) is 5.92 Å². The molecule has 1 aliphatic heterocycles. The van der Waals surface area contributed by atoms with E-state index >= 15 is 0 Å². The zero-order valence-electron chi connectivity index (χ0n) is 12.4. The molecule has 0 saturated carbocycles. The molecule has 1 aromatic carbocycles. The first-order chi connectivity index (χ1) is 9.57. The van der Waals surface area contributed by atoms with Crippen molar-refractivity contribution >= 4 is 22.4 Å². The second kappa shape index (κ2) is 7.98. The molecule has 1 atom stereocenters. The topological polar surface area (TPSA) is 58.6 Å². The van der Waals surface area contributed by atoms with Crippen LogP contribution in [0.15, 0.2) is 29.2 Å². The van der Waals surface area contributed by atoms with E-state index in [2.05, 4.69) is 5.32 Å². The minimum absolute atomic E-state index is 0. The molecule has 2 rings (SSSR count). The summed E-state index contributed by atoms with van der Waals surface area (Å²) in [6, 6.07) is 6.73. The minimum Gasteiger partial charge on any atom is -0.494 e. The molecule has 0 aliphatic carbocycles. The Morgan fingerprint density at radius 3 is 2.86 bits per heavy atom. The van der Waals surface area contributed by atoms with Crippen molar-refractivity contribution in [2.24, 2.45) is 5.92 Å². The Morgan fingerprint density at radius 2 is 2.19 bits per heavy atom. The summed E-state index contributed by atoms with van der Waals surface area (Å²) in [6.07, 6.45) is 0.908. The van der Waals surface area contributed by atoms with Gasteiger partial charge in [-0.2, -0.15) is 4.31 Å². The van der Waals surface area contributed by atoms with Crippen molar-refractivity contribution in [1.29, 1.82) is 0 Å². The average Bonchev–Trinajstić information content (AvgIpc) is 2.89. The van der Waals surface area contributed by atoms with Crippen molar-refractivity contribution in [3.63, 3.8) is 0 Å². The Labute approximate surface area is 133 Å². The van der Waals surface area contributed by atoms with Crippen LogP contribution in [-0.4, -0.2) is 46.0 Å². The van der Waals surface area contributed by atoms with E-state index in [0.717, 1.165) is 13.0 Å². The van der Waals surface area contributed by atoms with Crippen LogP contribution in [0.3, 0.4) is 0 Å². The fraction of sp³-hybridized carbons (Fsp3) is 0.571. The van der Waals surface area contributed by atoms with Crippen molar-refractivity contribution in [3.8, 4) is 5.75 Å². The van der Waals surface area contributed by atoms with Gasteiger partial charge in [0.25, 0.3) is 0 Å². The number of sulfonamides is 1. The lowest BCUT2D eigenvalue weighted by Gasteiger charge is -2.17. The highest BCUT2D eigenvalue weighted by molar-refractivity contribution is 7.89. The molecule has 0 bridgehead atoms. The zero-order valence-corrected chi connectivity index (χ0v) is 14.0. The number of ether oxygens (including phenoxy) is 1. The second-order valence-electron chi connectivity index (χ2n) is 4.98. The van der Waals surface area contributed by atoms with Crippen molar-refractivity contribution in [2.75, 3.05) is 33.3 Å². The Bertz CT molecular complexity index is 551. The predicted octanol–water partition coefficient (Wildman–Crippen LogP) is 1.74. The maximum Gasteiger partial charge on any atom is 0.243 e. The quantitative estimate of drug-likeness (QED) is 0.861. The average molecular weight is 335 g/mol. The van der Waals surface area contributed by atoms with Gasteiger partial charge in [0.2, 0.25) is 10.0 Å². The molecule has 0 amide bonds. The minimum atomic E-state index is -3.41. The van der Waals surface area contributed by atoms with Gasteiger partial charge >= 0.3 is 0 Å². The molecule has 1 aromatic rings. The first kappa shape index (κ1) is 18.2. The molecule has 0 spiro atoms. The van der Waals surface area contributed by atoms with E-state index in [1.54, 1.807) is 28.6 Å². The van der Waals surface area contributed by atoms with E-state index in [-0.39, 0.29) is 12.4 Å². The van der Waals surface area contributed by atoms with Gasteiger partial charge in [-0.3, -0.25) is 0 Å². The van der Waals surface area contributed by atoms with Gasteiger partial charge in [0.15, 0.2) is 0 Å². The summed E-state index contributed by atoms with van der Waals surface area (Å²) < 4.78 is 32.1. The molecule has 21 heavy (non-hydrogen) atoms. The monoisotopic (exact) mass is 334 g/mol. The van der Waals surface area contributed by atoms with Crippen molar-refractivity contribution in [3.05, 3.63) is 24.3 Å². The summed E-state index contributed by atoms with van der Waals surface area (Å²) in [5.74, 6) is 0.990. The van der Waals surface area contributed by atoms with Crippen LogP contribution < -0.4 is 10.1 Å². The molecular formula is C14H23ClN2O3S. The van der Waals surface area contributed by atoms with Crippen LogP contribution in [0.1, 0.15) is 13.3 Å². The predicted molar refractivity (Wildman–Crippen MR) is 85.7 cm³/mol. The third kappa shape index (κ3) is 4.32. The Hall–Kier alpha value is -0.820. The van der Waals surface area contributed by atoms with E-state index in [9.17, 15) is 8.42 Å². The van der Waals surface area contributed by atoms with Crippen LogP contribution in [0.25, 0.3) is 0 Å². The van der Waals surface area contributed by atoms with Gasteiger partial charge in [-0.25, -0.2) is 8.42 Å². The van der Waals surface area contributed by atoms with Gasteiger partial charge in [-0.15, -0.1) is 12.4 Å². The fourth-order valence-electron chi connectivity index (χ4n) is 2.51. The summed E-state index contributed by atoms with van der Waals surface area (Å²) in [6.45, 7) is 4.43. The lowest BCUT2D eigenvalue weighted by atomic mass is 10.1. The third-order valence-corrected chi connectivity index (χ3v) is 5.36. The van der Waals surface area contributed by atoms with Crippen molar-refractivity contribution in [1.82, 2.24) is 9.62 Å². The molecule has 1 saturated heterocycles. The van der Waals surface area contributed by atoms with E-state index < -0.39 is 10.0 Å². The van der Waals surface area contributed by atoms with Crippen LogP contribution in [0.5, 0.6) is 5.75 Å². The van der Waals surface area contributed by atoms with Crippen molar-refractivity contribution in [2.45, 2.75) is 18.2 Å². The second-order valence-corrected chi connectivity index (χ2v) is 6.92. The normalized spacial score (nSPS) is 19.2.